The summed E-state index contributed by atoms with van der Waals surface area (Å²) in [5, 5.41) is 2.59. The molecule has 1 aliphatic heterocycles. The first-order valence-electron chi connectivity index (χ1n) is 6.31. The van der Waals surface area contributed by atoms with Gasteiger partial charge in [0.15, 0.2) is 0 Å². The molecule has 7 heteroatoms. The summed E-state index contributed by atoms with van der Waals surface area (Å²) in [4.78, 5) is 11.8. The molecule has 0 saturated carbocycles. The number of halogens is 2. The molecule has 4 nitrogen and oxygen atoms in total. The molecule has 1 aromatic carbocycles. The summed E-state index contributed by atoms with van der Waals surface area (Å²) in [5.74, 6) is -0.380. The van der Waals surface area contributed by atoms with Gasteiger partial charge in [-0.25, -0.2) is 12.8 Å². The second kappa shape index (κ2) is 6.10. The van der Waals surface area contributed by atoms with Gasteiger partial charge in [-0.2, -0.15) is 0 Å². The smallest absolute Gasteiger partial charge is 0.224 e. The molecule has 0 bridgehead atoms. The number of amides is 1. The number of hydrogen-bond acceptors (Lipinski definition) is 3. The van der Waals surface area contributed by atoms with Gasteiger partial charge in [0.2, 0.25) is 5.91 Å². The molecule has 1 heterocycles. The summed E-state index contributed by atoms with van der Waals surface area (Å²) >= 11 is 5.63. The van der Waals surface area contributed by atoms with Gasteiger partial charge in [0.1, 0.15) is 15.7 Å². The maximum Gasteiger partial charge on any atom is 0.224 e. The van der Waals surface area contributed by atoms with Crippen molar-refractivity contribution in [1.82, 2.24) is 0 Å². The molecule has 1 fully saturated rings. The topological polar surface area (TPSA) is 63.2 Å². The quantitative estimate of drug-likeness (QED) is 0.931. The van der Waals surface area contributed by atoms with E-state index in [1.165, 1.54) is 18.2 Å². The normalized spacial score (nSPS) is 18.7. The van der Waals surface area contributed by atoms with Crippen molar-refractivity contribution < 1.29 is 17.6 Å². The van der Waals surface area contributed by atoms with Crippen molar-refractivity contribution >= 4 is 33.0 Å². The molecule has 0 aromatic heterocycles. The fourth-order valence-corrected chi connectivity index (χ4v) is 3.96. The van der Waals surface area contributed by atoms with Crippen molar-refractivity contribution in [2.24, 2.45) is 5.92 Å². The van der Waals surface area contributed by atoms with Crippen LogP contribution in [0.4, 0.5) is 10.1 Å². The van der Waals surface area contributed by atoms with Crippen LogP contribution in [0.5, 0.6) is 0 Å². The second-order valence-electron chi connectivity index (χ2n) is 4.98. The molecule has 20 heavy (non-hydrogen) atoms. The highest BCUT2D eigenvalue weighted by Crippen LogP contribution is 2.23. The predicted octanol–water partition coefficient (Wildman–Crippen LogP) is 2.63. The molecule has 1 aromatic rings. The maximum atomic E-state index is 13.0. The second-order valence-corrected chi connectivity index (χ2v) is 7.69. The summed E-state index contributed by atoms with van der Waals surface area (Å²) in [7, 11) is -2.91. The van der Waals surface area contributed by atoms with E-state index in [2.05, 4.69) is 5.32 Å². The third kappa shape index (κ3) is 4.18. The van der Waals surface area contributed by atoms with Crippen LogP contribution in [0.3, 0.4) is 0 Å². The van der Waals surface area contributed by atoms with Crippen molar-refractivity contribution in [3.63, 3.8) is 0 Å². The van der Waals surface area contributed by atoms with Crippen LogP contribution in [0.25, 0.3) is 0 Å². The van der Waals surface area contributed by atoms with Crippen LogP contribution >= 0.6 is 11.6 Å². The zero-order chi connectivity index (χ0) is 14.8. The van der Waals surface area contributed by atoms with E-state index in [4.69, 9.17) is 11.6 Å². The molecule has 1 aliphatic rings. The lowest BCUT2D eigenvalue weighted by molar-refractivity contribution is -0.117. The fraction of sp³-hybridized carbons (Fsp3) is 0.462. The van der Waals surface area contributed by atoms with Crippen LogP contribution in [0.1, 0.15) is 19.3 Å². The van der Waals surface area contributed by atoms with Crippen LogP contribution in [0, 0.1) is 11.7 Å². The van der Waals surface area contributed by atoms with E-state index in [0.717, 1.165) is 0 Å². The number of carbonyl (C=O) groups excluding carboxylic acids is 1. The lowest BCUT2D eigenvalue weighted by atomic mass is 9.98. The van der Waals surface area contributed by atoms with E-state index >= 15 is 0 Å². The van der Waals surface area contributed by atoms with E-state index in [1.54, 1.807) is 0 Å². The van der Waals surface area contributed by atoms with Gasteiger partial charge in [0.25, 0.3) is 0 Å². The molecule has 0 unspecified atom stereocenters. The van der Waals surface area contributed by atoms with E-state index in [1.807, 2.05) is 0 Å². The van der Waals surface area contributed by atoms with Crippen LogP contribution in [-0.2, 0) is 14.6 Å². The Labute approximate surface area is 122 Å². The Bertz CT molecular complexity index is 604. The Morgan fingerprint density at radius 2 is 2.00 bits per heavy atom. The molecule has 0 spiro atoms. The van der Waals surface area contributed by atoms with Gasteiger partial charge in [0.05, 0.1) is 16.5 Å². The minimum atomic E-state index is -2.91. The molecule has 0 atom stereocenters. The van der Waals surface area contributed by atoms with Crippen LogP contribution < -0.4 is 5.32 Å². The Morgan fingerprint density at radius 3 is 2.60 bits per heavy atom. The molecule has 1 saturated heterocycles. The first-order valence-corrected chi connectivity index (χ1v) is 8.51. The Morgan fingerprint density at radius 1 is 1.35 bits per heavy atom. The molecule has 0 radical (unpaired) electrons. The van der Waals surface area contributed by atoms with Crippen LogP contribution in [0.15, 0.2) is 18.2 Å². The number of carbonyl (C=O) groups is 1. The van der Waals surface area contributed by atoms with Crippen LogP contribution in [0.2, 0.25) is 5.02 Å². The summed E-state index contributed by atoms with van der Waals surface area (Å²) < 4.78 is 35.6. The average molecular weight is 320 g/mol. The van der Waals surface area contributed by atoms with Gasteiger partial charge >= 0.3 is 0 Å². The highest BCUT2D eigenvalue weighted by Gasteiger charge is 2.25. The highest BCUT2D eigenvalue weighted by molar-refractivity contribution is 7.91. The van der Waals surface area contributed by atoms with Crippen molar-refractivity contribution in [2.45, 2.75) is 19.3 Å². The molecular weight excluding hydrogens is 305 g/mol. The number of rotatable bonds is 3. The SMILES string of the molecule is O=C(CC1CCS(=O)(=O)CC1)Nc1ccc(F)c(Cl)c1. The fourth-order valence-electron chi connectivity index (χ4n) is 2.19. The number of benzene rings is 1. The van der Waals surface area contributed by atoms with Gasteiger partial charge in [0, 0.05) is 12.1 Å². The van der Waals surface area contributed by atoms with Gasteiger partial charge in [-0.15, -0.1) is 0 Å². The largest absolute Gasteiger partial charge is 0.326 e. The molecule has 110 valence electrons. The summed E-state index contributed by atoms with van der Waals surface area (Å²) in [6.45, 7) is 0. The molecule has 1 N–H and O–H groups in total. The van der Waals surface area contributed by atoms with Crippen molar-refractivity contribution in [3.8, 4) is 0 Å². The monoisotopic (exact) mass is 319 g/mol. The van der Waals surface area contributed by atoms with E-state index in [9.17, 15) is 17.6 Å². The lowest BCUT2D eigenvalue weighted by Crippen LogP contribution is -2.26. The van der Waals surface area contributed by atoms with Crippen molar-refractivity contribution in [2.75, 3.05) is 16.8 Å². The first kappa shape index (κ1) is 15.3. The zero-order valence-corrected chi connectivity index (χ0v) is 12.3. The van der Waals surface area contributed by atoms with E-state index in [0.29, 0.717) is 18.5 Å². The third-order valence-electron chi connectivity index (χ3n) is 3.35. The number of hydrogen-bond donors (Lipinski definition) is 1. The molecule has 2 rings (SSSR count). The van der Waals surface area contributed by atoms with Gasteiger partial charge in [-0.05, 0) is 37.0 Å². The van der Waals surface area contributed by atoms with Crippen LogP contribution in [-0.4, -0.2) is 25.8 Å². The summed E-state index contributed by atoms with van der Waals surface area (Å²) in [5.41, 5.74) is 0.435. The summed E-state index contributed by atoms with van der Waals surface area (Å²) in [6, 6.07) is 3.97. The first-order chi connectivity index (χ1) is 9.35. The zero-order valence-electron chi connectivity index (χ0n) is 10.7. The molecular formula is C13H15ClFNO3S. The lowest BCUT2D eigenvalue weighted by Gasteiger charge is -2.21. The van der Waals surface area contributed by atoms with E-state index < -0.39 is 15.7 Å². The molecule has 1 amide bonds. The van der Waals surface area contributed by atoms with Crippen molar-refractivity contribution in [1.29, 1.82) is 0 Å². The van der Waals surface area contributed by atoms with Gasteiger partial charge in [-0.1, -0.05) is 11.6 Å². The third-order valence-corrected chi connectivity index (χ3v) is 5.36. The van der Waals surface area contributed by atoms with Gasteiger partial charge in [-0.3, -0.25) is 4.79 Å². The Hall–Kier alpha value is -1.14. The number of nitrogens with one attached hydrogen (secondary N) is 1. The summed E-state index contributed by atoms with van der Waals surface area (Å²) in [6.07, 6.45) is 1.30. The maximum absolute atomic E-state index is 13.0. The Kier molecular flexibility index (Phi) is 4.65. The standard InChI is InChI=1S/C13H15ClFNO3S/c14-11-8-10(1-2-12(11)15)16-13(17)7-9-3-5-20(18,19)6-4-9/h1-2,8-9H,3-7H2,(H,16,17). The number of sulfone groups is 1. The highest BCUT2D eigenvalue weighted by atomic mass is 35.5. The average Bonchev–Trinajstić information content (AvgIpc) is 2.36. The van der Waals surface area contributed by atoms with Gasteiger partial charge < -0.3 is 5.32 Å². The van der Waals surface area contributed by atoms with Crippen molar-refractivity contribution in [3.05, 3.63) is 29.0 Å². The molecule has 0 aliphatic carbocycles. The predicted molar refractivity (Wildman–Crippen MR) is 76.0 cm³/mol. The minimum Gasteiger partial charge on any atom is -0.326 e. The minimum absolute atomic E-state index is 0.0495. The van der Waals surface area contributed by atoms with E-state index in [-0.39, 0.29) is 34.8 Å². The number of anilines is 1. The Balaban J connectivity index is 1.88.